The quantitative estimate of drug-likeness (QED) is 0.538. The lowest BCUT2D eigenvalue weighted by molar-refractivity contribution is -0.277. The highest BCUT2D eigenvalue weighted by Gasteiger charge is 2.44. The number of carbonyl (C=O) groups is 1. The van der Waals surface area contributed by atoms with Crippen molar-refractivity contribution in [1.82, 2.24) is 0 Å². The van der Waals surface area contributed by atoms with Crippen LogP contribution in [0.2, 0.25) is 0 Å². The molecule has 1 aliphatic heterocycles. The minimum atomic E-state index is -1.50. The molecule has 150 valence electrons. The Balaban J connectivity index is 1.74. The second kappa shape index (κ2) is 8.68. The van der Waals surface area contributed by atoms with E-state index in [4.69, 9.17) is 14.2 Å². The van der Waals surface area contributed by atoms with E-state index in [1.165, 1.54) is 7.11 Å². The van der Waals surface area contributed by atoms with Gasteiger partial charge in [0, 0.05) is 0 Å². The van der Waals surface area contributed by atoms with Crippen molar-refractivity contribution < 1.29 is 39.4 Å². The Morgan fingerprint density at radius 3 is 2.36 bits per heavy atom. The highest BCUT2D eigenvalue weighted by atomic mass is 16.7. The van der Waals surface area contributed by atoms with E-state index in [0.29, 0.717) is 11.3 Å². The van der Waals surface area contributed by atoms with Crippen molar-refractivity contribution in [3.05, 3.63) is 54.1 Å². The average Bonchev–Trinajstić information content (AvgIpc) is 2.74. The van der Waals surface area contributed by atoms with Gasteiger partial charge in [-0.05, 0) is 35.4 Å². The van der Waals surface area contributed by atoms with Crippen molar-refractivity contribution in [3.63, 3.8) is 0 Å². The third-order valence-electron chi connectivity index (χ3n) is 4.57. The molecule has 0 bridgehead atoms. The number of rotatable bonds is 5. The molecule has 1 saturated heterocycles. The van der Waals surface area contributed by atoms with Crippen LogP contribution in [0.25, 0.3) is 11.1 Å². The van der Waals surface area contributed by atoms with Crippen molar-refractivity contribution in [1.29, 1.82) is 0 Å². The minimum absolute atomic E-state index is 0.359. The summed E-state index contributed by atoms with van der Waals surface area (Å²) in [5, 5.41) is 38.9. The summed E-state index contributed by atoms with van der Waals surface area (Å²) in [4.78, 5) is 11.7. The van der Waals surface area contributed by atoms with E-state index < -0.39 is 43.3 Å². The first kappa shape index (κ1) is 20.2. The fraction of sp³-hybridized carbons (Fsp3) is 0.350. The molecule has 1 fully saturated rings. The molecule has 2 aromatic rings. The normalized spacial score (nSPS) is 27.2. The molecule has 5 atom stereocenters. The SMILES string of the molecule is COC(=O)c1cccc(-c2ccc(OC3OC(CO)[C@H](O)C(O)C3O)cc2)c1. The summed E-state index contributed by atoms with van der Waals surface area (Å²) in [6.45, 7) is -0.528. The number of carbonyl (C=O) groups excluding carboxylic acids is 1. The number of hydrogen-bond donors (Lipinski definition) is 4. The highest BCUT2D eigenvalue weighted by molar-refractivity contribution is 5.90. The van der Waals surface area contributed by atoms with Gasteiger partial charge in [-0.2, -0.15) is 0 Å². The third-order valence-corrected chi connectivity index (χ3v) is 4.57. The number of ether oxygens (including phenoxy) is 3. The molecule has 4 N–H and O–H groups in total. The van der Waals surface area contributed by atoms with E-state index in [2.05, 4.69) is 0 Å². The van der Waals surface area contributed by atoms with Crippen LogP contribution in [-0.4, -0.2) is 70.8 Å². The van der Waals surface area contributed by atoms with E-state index >= 15 is 0 Å². The average molecular weight is 390 g/mol. The zero-order chi connectivity index (χ0) is 20.3. The predicted octanol–water partition coefficient (Wildman–Crippen LogP) is 0.319. The van der Waals surface area contributed by atoms with E-state index in [-0.39, 0.29) is 0 Å². The van der Waals surface area contributed by atoms with Gasteiger partial charge in [0.1, 0.15) is 30.2 Å². The molecule has 0 spiro atoms. The largest absolute Gasteiger partial charge is 0.465 e. The van der Waals surface area contributed by atoms with Crippen LogP contribution in [0, 0.1) is 0 Å². The number of aliphatic hydroxyl groups is 4. The van der Waals surface area contributed by atoms with Gasteiger partial charge in [-0.25, -0.2) is 4.79 Å². The van der Waals surface area contributed by atoms with Crippen molar-refractivity contribution in [2.24, 2.45) is 0 Å². The topological polar surface area (TPSA) is 126 Å². The molecule has 0 amide bonds. The van der Waals surface area contributed by atoms with Crippen LogP contribution in [0.1, 0.15) is 10.4 Å². The van der Waals surface area contributed by atoms with Crippen LogP contribution in [-0.2, 0) is 9.47 Å². The molecule has 0 aromatic heterocycles. The lowest BCUT2D eigenvalue weighted by Crippen LogP contribution is -2.60. The van der Waals surface area contributed by atoms with E-state index in [1.807, 2.05) is 6.07 Å². The first-order chi connectivity index (χ1) is 13.4. The summed E-state index contributed by atoms with van der Waals surface area (Å²) in [6, 6.07) is 13.8. The Labute approximate surface area is 161 Å². The Morgan fingerprint density at radius 2 is 1.71 bits per heavy atom. The van der Waals surface area contributed by atoms with Gasteiger partial charge in [-0.3, -0.25) is 0 Å². The van der Waals surface area contributed by atoms with Crippen molar-refractivity contribution in [3.8, 4) is 16.9 Å². The van der Waals surface area contributed by atoms with Crippen LogP contribution in [0.15, 0.2) is 48.5 Å². The molecular formula is C20H22O8. The first-order valence-electron chi connectivity index (χ1n) is 8.70. The molecule has 0 radical (unpaired) electrons. The van der Waals surface area contributed by atoms with Crippen LogP contribution in [0.3, 0.4) is 0 Å². The molecule has 3 rings (SSSR count). The molecule has 0 aliphatic carbocycles. The zero-order valence-corrected chi connectivity index (χ0v) is 15.1. The van der Waals surface area contributed by atoms with Gasteiger partial charge in [0.25, 0.3) is 0 Å². The van der Waals surface area contributed by atoms with Gasteiger partial charge in [-0.15, -0.1) is 0 Å². The third kappa shape index (κ3) is 4.16. The maximum atomic E-state index is 11.7. The molecule has 0 saturated carbocycles. The second-order valence-corrected chi connectivity index (χ2v) is 6.41. The molecule has 28 heavy (non-hydrogen) atoms. The summed E-state index contributed by atoms with van der Waals surface area (Å²) >= 11 is 0. The summed E-state index contributed by atoms with van der Waals surface area (Å²) in [6.07, 6.45) is -6.71. The van der Waals surface area contributed by atoms with Gasteiger partial charge in [0.2, 0.25) is 6.29 Å². The number of methoxy groups -OCH3 is 1. The maximum Gasteiger partial charge on any atom is 0.337 e. The molecule has 1 heterocycles. The summed E-state index contributed by atoms with van der Waals surface area (Å²) in [5.74, 6) is -0.0679. The monoisotopic (exact) mass is 390 g/mol. The number of benzene rings is 2. The Kier molecular flexibility index (Phi) is 6.28. The highest BCUT2D eigenvalue weighted by Crippen LogP contribution is 2.27. The lowest BCUT2D eigenvalue weighted by Gasteiger charge is -2.39. The standard InChI is InChI=1S/C20H22O8/c1-26-19(25)13-4-2-3-12(9-13)11-5-7-14(8-6-11)27-20-18(24)17(23)16(22)15(10-21)28-20/h2-9,15-18,20-24H,10H2,1H3/t15?,16-,17?,18?,20?/m0/s1. The second-order valence-electron chi connectivity index (χ2n) is 6.41. The Bertz CT molecular complexity index is 804. The molecule has 1 aliphatic rings. The van der Waals surface area contributed by atoms with Gasteiger partial charge >= 0.3 is 5.97 Å². The number of esters is 1. The summed E-state index contributed by atoms with van der Waals surface area (Å²) < 4.78 is 15.6. The van der Waals surface area contributed by atoms with Crippen molar-refractivity contribution in [2.75, 3.05) is 13.7 Å². The molecule has 2 aromatic carbocycles. The van der Waals surface area contributed by atoms with Crippen molar-refractivity contribution >= 4 is 5.97 Å². The molecule has 8 heteroatoms. The fourth-order valence-electron chi connectivity index (χ4n) is 2.97. The molecule has 8 nitrogen and oxygen atoms in total. The first-order valence-corrected chi connectivity index (χ1v) is 8.70. The van der Waals surface area contributed by atoms with Crippen LogP contribution in [0.5, 0.6) is 5.75 Å². The van der Waals surface area contributed by atoms with Gasteiger partial charge < -0.3 is 34.6 Å². The fourth-order valence-corrected chi connectivity index (χ4v) is 2.97. The van der Waals surface area contributed by atoms with Crippen LogP contribution in [0.4, 0.5) is 0 Å². The molecule has 4 unspecified atom stereocenters. The van der Waals surface area contributed by atoms with Gasteiger partial charge in [0.05, 0.1) is 19.3 Å². The smallest absolute Gasteiger partial charge is 0.337 e. The number of aliphatic hydroxyl groups excluding tert-OH is 4. The Hall–Kier alpha value is -2.49. The van der Waals surface area contributed by atoms with Crippen LogP contribution >= 0.6 is 0 Å². The minimum Gasteiger partial charge on any atom is -0.465 e. The Morgan fingerprint density at radius 1 is 1.00 bits per heavy atom. The van der Waals surface area contributed by atoms with E-state index in [0.717, 1.165) is 11.1 Å². The number of hydrogen-bond acceptors (Lipinski definition) is 8. The van der Waals surface area contributed by atoms with Gasteiger partial charge in [-0.1, -0.05) is 24.3 Å². The maximum absolute atomic E-state index is 11.7. The van der Waals surface area contributed by atoms with E-state index in [1.54, 1.807) is 42.5 Å². The summed E-state index contributed by atoms with van der Waals surface area (Å²) in [7, 11) is 1.32. The lowest BCUT2D eigenvalue weighted by atomic mass is 9.99. The summed E-state index contributed by atoms with van der Waals surface area (Å²) in [5.41, 5.74) is 2.07. The van der Waals surface area contributed by atoms with E-state index in [9.17, 15) is 25.2 Å². The van der Waals surface area contributed by atoms with Crippen molar-refractivity contribution in [2.45, 2.75) is 30.7 Å². The zero-order valence-electron chi connectivity index (χ0n) is 15.1. The molecular weight excluding hydrogens is 368 g/mol. The van der Waals surface area contributed by atoms with Crippen LogP contribution < -0.4 is 4.74 Å². The predicted molar refractivity (Wildman–Crippen MR) is 97.6 cm³/mol. The van der Waals surface area contributed by atoms with Gasteiger partial charge in [0.15, 0.2) is 0 Å².